The molecule has 0 saturated heterocycles. The van der Waals surface area contributed by atoms with E-state index in [-0.39, 0.29) is 18.9 Å². The number of thiophene rings is 1. The largest absolute Gasteiger partial charge is 0.383 e. The highest BCUT2D eigenvalue weighted by molar-refractivity contribution is 7.10. The lowest BCUT2D eigenvalue weighted by Crippen LogP contribution is -2.38. The van der Waals surface area contributed by atoms with Crippen molar-refractivity contribution in [3.63, 3.8) is 0 Å². The molecule has 1 atom stereocenters. The molecule has 0 radical (unpaired) electrons. The van der Waals surface area contributed by atoms with Crippen molar-refractivity contribution in [1.82, 2.24) is 10.5 Å². The van der Waals surface area contributed by atoms with Crippen LogP contribution in [0.15, 0.2) is 22.0 Å². The predicted molar refractivity (Wildman–Crippen MR) is 76.6 cm³/mol. The molecule has 5 nitrogen and oxygen atoms in total. The molecule has 0 saturated carbocycles. The number of nitrogens with one attached hydrogen (secondary N) is 1. The van der Waals surface area contributed by atoms with Crippen LogP contribution in [0, 0.1) is 13.8 Å². The fourth-order valence-electron chi connectivity index (χ4n) is 1.92. The third-order valence-electron chi connectivity index (χ3n) is 3.20. The standard InChI is InChI=1S/C14H18N2O3S/c1-9-11(10(2)19-16-9)7-13(17)15-8-14(3,18)12-5-4-6-20-12/h4-6,18H,7-8H2,1-3H3,(H,15,17)/t14-/m1/s1. The summed E-state index contributed by atoms with van der Waals surface area (Å²) in [6.45, 7) is 5.45. The van der Waals surface area contributed by atoms with E-state index in [2.05, 4.69) is 10.5 Å². The summed E-state index contributed by atoms with van der Waals surface area (Å²) >= 11 is 1.47. The van der Waals surface area contributed by atoms with Crippen LogP contribution in [-0.2, 0) is 16.8 Å². The van der Waals surface area contributed by atoms with Gasteiger partial charge in [-0.05, 0) is 32.2 Å². The quantitative estimate of drug-likeness (QED) is 0.883. The van der Waals surface area contributed by atoms with Gasteiger partial charge in [-0.1, -0.05) is 11.2 Å². The number of rotatable bonds is 5. The monoisotopic (exact) mass is 294 g/mol. The summed E-state index contributed by atoms with van der Waals surface area (Å²) < 4.78 is 5.02. The van der Waals surface area contributed by atoms with E-state index >= 15 is 0 Å². The van der Waals surface area contributed by atoms with Crippen LogP contribution in [0.3, 0.4) is 0 Å². The molecular weight excluding hydrogens is 276 g/mol. The molecule has 0 fully saturated rings. The van der Waals surface area contributed by atoms with Crippen LogP contribution in [-0.4, -0.2) is 22.7 Å². The molecule has 20 heavy (non-hydrogen) atoms. The van der Waals surface area contributed by atoms with Gasteiger partial charge < -0.3 is 14.9 Å². The number of nitrogens with zero attached hydrogens (tertiary/aromatic N) is 1. The number of hydrogen-bond acceptors (Lipinski definition) is 5. The second-order valence-electron chi connectivity index (χ2n) is 5.01. The first kappa shape index (κ1) is 14.7. The smallest absolute Gasteiger partial charge is 0.224 e. The van der Waals surface area contributed by atoms with Crippen LogP contribution < -0.4 is 5.32 Å². The highest BCUT2D eigenvalue weighted by atomic mass is 32.1. The zero-order valence-corrected chi connectivity index (χ0v) is 12.6. The summed E-state index contributed by atoms with van der Waals surface area (Å²) in [6.07, 6.45) is 0.210. The lowest BCUT2D eigenvalue weighted by Gasteiger charge is -2.22. The molecule has 0 aromatic carbocycles. The minimum atomic E-state index is -1.05. The number of hydrogen-bond donors (Lipinski definition) is 2. The minimum Gasteiger partial charge on any atom is -0.383 e. The molecule has 0 unspecified atom stereocenters. The van der Waals surface area contributed by atoms with Gasteiger partial charge in [-0.2, -0.15) is 0 Å². The normalized spacial score (nSPS) is 14.0. The van der Waals surface area contributed by atoms with Gasteiger partial charge in [-0.25, -0.2) is 0 Å². The Morgan fingerprint density at radius 2 is 2.30 bits per heavy atom. The van der Waals surface area contributed by atoms with Gasteiger partial charge in [0.2, 0.25) is 5.91 Å². The molecule has 0 aliphatic heterocycles. The van der Waals surface area contributed by atoms with Gasteiger partial charge in [0.15, 0.2) is 0 Å². The lowest BCUT2D eigenvalue weighted by atomic mass is 10.0. The summed E-state index contributed by atoms with van der Waals surface area (Å²) in [4.78, 5) is 12.8. The maximum Gasteiger partial charge on any atom is 0.224 e. The summed E-state index contributed by atoms with van der Waals surface area (Å²) in [5.74, 6) is 0.499. The maximum atomic E-state index is 11.9. The minimum absolute atomic E-state index is 0.156. The van der Waals surface area contributed by atoms with E-state index in [1.165, 1.54) is 11.3 Å². The van der Waals surface area contributed by atoms with Crippen molar-refractivity contribution in [2.24, 2.45) is 0 Å². The van der Waals surface area contributed by atoms with Crippen molar-refractivity contribution in [2.45, 2.75) is 32.8 Å². The molecule has 0 bridgehead atoms. The van der Waals surface area contributed by atoms with Crippen molar-refractivity contribution in [3.8, 4) is 0 Å². The average Bonchev–Trinajstić information content (AvgIpc) is 3.02. The van der Waals surface area contributed by atoms with Crippen LogP contribution in [0.2, 0.25) is 0 Å². The van der Waals surface area contributed by atoms with Gasteiger partial charge in [-0.3, -0.25) is 4.79 Å². The second kappa shape index (κ2) is 5.76. The van der Waals surface area contributed by atoms with E-state index in [4.69, 9.17) is 4.52 Å². The molecular formula is C14H18N2O3S. The molecule has 0 aliphatic rings. The van der Waals surface area contributed by atoms with Gasteiger partial charge in [-0.15, -0.1) is 11.3 Å². The van der Waals surface area contributed by atoms with E-state index in [0.29, 0.717) is 5.76 Å². The Balaban J connectivity index is 1.93. The van der Waals surface area contributed by atoms with Gasteiger partial charge >= 0.3 is 0 Å². The van der Waals surface area contributed by atoms with Crippen molar-refractivity contribution in [1.29, 1.82) is 0 Å². The van der Waals surface area contributed by atoms with Crippen molar-refractivity contribution >= 4 is 17.2 Å². The van der Waals surface area contributed by atoms with Crippen LogP contribution in [0.5, 0.6) is 0 Å². The summed E-state index contributed by atoms with van der Waals surface area (Å²) in [5.41, 5.74) is 0.476. The Kier molecular flexibility index (Phi) is 4.25. The first-order valence-electron chi connectivity index (χ1n) is 6.35. The average molecular weight is 294 g/mol. The SMILES string of the molecule is Cc1noc(C)c1CC(=O)NC[C@@](C)(O)c1cccs1. The fourth-order valence-corrected chi connectivity index (χ4v) is 2.71. The lowest BCUT2D eigenvalue weighted by molar-refractivity contribution is -0.121. The third kappa shape index (κ3) is 3.26. The number of amides is 1. The topological polar surface area (TPSA) is 75.4 Å². The van der Waals surface area contributed by atoms with Gasteiger partial charge in [0, 0.05) is 10.4 Å². The van der Waals surface area contributed by atoms with Crippen molar-refractivity contribution in [3.05, 3.63) is 39.4 Å². The molecule has 2 heterocycles. The van der Waals surface area contributed by atoms with E-state index in [1.54, 1.807) is 20.8 Å². The predicted octanol–water partition coefficient (Wildman–Crippen LogP) is 1.92. The zero-order valence-electron chi connectivity index (χ0n) is 11.8. The summed E-state index contributed by atoms with van der Waals surface area (Å²) in [7, 11) is 0. The number of carbonyl (C=O) groups is 1. The summed E-state index contributed by atoms with van der Waals surface area (Å²) in [6, 6.07) is 3.73. The number of carbonyl (C=O) groups excluding carboxylic acids is 1. The number of aryl methyl sites for hydroxylation is 2. The molecule has 2 N–H and O–H groups in total. The maximum absolute atomic E-state index is 11.9. The van der Waals surface area contributed by atoms with E-state index < -0.39 is 5.60 Å². The van der Waals surface area contributed by atoms with E-state index in [0.717, 1.165) is 16.1 Å². The molecule has 6 heteroatoms. The van der Waals surface area contributed by atoms with E-state index in [1.807, 2.05) is 17.5 Å². The summed E-state index contributed by atoms with van der Waals surface area (Å²) in [5, 5.41) is 18.8. The Morgan fingerprint density at radius 3 is 2.85 bits per heavy atom. The molecule has 0 aliphatic carbocycles. The molecule has 2 rings (SSSR count). The molecule has 2 aromatic heterocycles. The Morgan fingerprint density at radius 1 is 1.55 bits per heavy atom. The number of aliphatic hydroxyl groups is 1. The zero-order chi connectivity index (χ0) is 14.8. The van der Waals surface area contributed by atoms with Gasteiger partial charge in [0.05, 0.1) is 18.7 Å². The van der Waals surface area contributed by atoms with Crippen LogP contribution in [0.4, 0.5) is 0 Å². The second-order valence-corrected chi connectivity index (χ2v) is 5.96. The van der Waals surface area contributed by atoms with Crippen molar-refractivity contribution < 1.29 is 14.4 Å². The Bertz CT molecular complexity index is 568. The number of aromatic nitrogens is 1. The molecule has 2 aromatic rings. The van der Waals surface area contributed by atoms with Crippen molar-refractivity contribution in [2.75, 3.05) is 6.54 Å². The van der Waals surface area contributed by atoms with Crippen LogP contribution in [0.1, 0.15) is 28.8 Å². The van der Waals surface area contributed by atoms with Crippen LogP contribution >= 0.6 is 11.3 Å². The molecule has 108 valence electrons. The van der Waals surface area contributed by atoms with Crippen LogP contribution in [0.25, 0.3) is 0 Å². The first-order valence-corrected chi connectivity index (χ1v) is 7.23. The van der Waals surface area contributed by atoms with Gasteiger partial charge in [0.25, 0.3) is 0 Å². The molecule has 0 spiro atoms. The molecule has 1 amide bonds. The Hall–Kier alpha value is -1.66. The van der Waals surface area contributed by atoms with Gasteiger partial charge in [0.1, 0.15) is 11.4 Å². The fraction of sp³-hybridized carbons (Fsp3) is 0.429. The third-order valence-corrected chi connectivity index (χ3v) is 4.32. The first-order chi connectivity index (χ1) is 9.40. The Labute approximate surface area is 121 Å². The van der Waals surface area contributed by atoms with E-state index in [9.17, 15) is 9.90 Å². The highest BCUT2D eigenvalue weighted by Gasteiger charge is 2.25. The highest BCUT2D eigenvalue weighted by Crippen LogP contribution is 2.24.